The van der Waals surface area contributed by atoms with Gasteiger partial charge in [0.1, 0.15) is 0 Å². The minimum Gasteiger partial charge on any atom is -0.428 e. The molecule has 1 aliphatic carbocycles. The second kappa shape index (κ2) is 4.07. The molecule has 1 aromatic rings. The molecule has 0 bridgehead atoms. The molecule has 0 amide bonds. The number of nitrogens with zero attached hydrogens (tertiary/aromatic N) is 1. The molecule has 0 saturated heterocycles. The van der Waals surface area contributed by atoms with Gasteiger partial charge in [0, 0.05) is 6.92 Å². The van der Waals surface area contributed by atoms with E-state index < -0.39 is 9.84 Å². The standard InChI is InChI=1S/C10H10ClNO3S/c1-7-12-9(11)10(15-7)16(13,14)8-5-3-2-4-6-8/h3,5-6H,2,4H2,1H3. The molecule has 0 saturated carbocycles. The van der Waals surface area contributed by atoms with Gasteiger partial charge in [-0.15, -0.1) is 0 Å². The third-order valence-corrected chi connectivity index (χ3v) is 4.24. The topological polar surface area (TPSA) is 60.2 Å². The molecule has 0 spiro atoms. The quantitative estimate of drug-likeness (QED) is 0.819. The molecule has 0 N–H and O–H groups in total. The highest BCUT2D eigenvalue weighted by atomic mass is 35.5. The number of halogens is 1. The Morgan fingerprint density at radius 2 is 2.19 bits per heavy atom. The van der Waals surface area contributed by atoms with Gasteiger partial charge in [0.25, 0.3) is 5.09 Å². The van der Waals surface area contributed by atoms with E-state index in [1.165, 1.54) is 0 Å². The number of sulfone groups is 1. The van der Waals surface area contributed by atoms with Crippen molar-refractivity contribution in [3.8, 4) is 0 Å². The van der Waals surface area contributed by atoms with Gasteiger partial charge in [-0.3, -0.25) is 0 Å². The van der Waals surface area contributed by atoms with E-state index in [1.54, 1.807) is 19.1 Å². The van der Waals surface area contributed by atoms with Gasteiger partial charge in [-0.05, 0) is 18.9 Å². The van der Waals surface area contributed by atoms with Crippen LogP contribution in [0.2, 0.25) is 5.15 Å². The number of hydrogen-bond donors (Lipinski definition) is 0. The highest BCUT2D eigenvalue weighted by molar-refractivity contribution is 7.95. The average Bonchev–Trinajstić information content (AvgIpc) is 2.60. The van der Waals surface area contributed by atoms with E-state index in [0.29, 0.717) is 6.42 Å². The van der Waals surface area contributed by atoms with E-state index >= 15 is 0 Å². The molecule has 0 aliphatic heterocycles. The number of rotatable bonds is 2. The Balaban J connectivity index is 2.51. The van der Waals surface area contributed by atoms with Crippen molar-refractivity contribution in [3.05, 3.63) is 34.2 Å². The maximum absolute atomic E-state index is 12.1. The summed E-state index contributed by atoms with van der Waals surface area (Å²) in [6.45, 7) is 1.55. The lowest BCUT2D eigenvalue weighted by atomic mass is 10.2. The largest absolute Gasteiger partial charge is 0.428 e. The van der Waals surface area contributed by atoms with Crippen LogP contribution in [0.25, 0.3) is 0 Å². The van der Waals surface area contributed by atoms with Crippen LogP contribution < -0.4 is 0 Å². The molecule has 0 fully saturated rings. The number of hydrogen-bond acceptors (Lipinski definition) is 4. The van der Waals surface area contributed by atoms with E-state index in [1.807, 2.05) is 6.08 Å². The molecule has 0 atom stereocenters. The van der Waals surface area contributed by atoms with Crippen molar-refractivity contribution >= 4 is 21.4 Å². The number of oxazole rings is 1. The Morgan fingerprint density at radius 1 is 1.44 bits per heavy atom. The predicted octanol–water partition coefficient (Wildman–Crippen LogP) is 2.64. The van der Waals surface area contributed by atoms with Crippen molar-refractivity contribution in [3.63, 3.8) is 0 Å². The van der Waals surface area contributed by atoms with Crippen LogP contribution in [-0.2, 0) is 9.84 Å². The van der Waals surface area contributed by atoms with Crippen molar-refractivity contribution in [2.24, 2.45) is 0 Å². The van der Waals surface area contributed by atoms with Crippen LogP contribution in [0.3, 0.4) is 0 Å². The van der Waals surface area contributed by atoms with Crippen LogP contribution in [-0.4, -0.2) is 13.4 Å². The van der Waals surface area contributed by atoms with E-state index in [0.717, 1.165) is 6.42 Å². The zero-order valence-corrected chi connectivity index (χ0v) is 10.2. The molecule has 6 heteroatoms. The zero-order chi connectivity index (χ0) is 11.8. The molecular formula is C10H10ClNO3S. The Bertz CT molecular complexity index is 569. The number of aromatic nitrogens is 1. The second-order valence-electron chi connectivity index (χ2n) is 3.40. The first kappa shape index (κ1) is 11.4. The summed E-state index contributed by atoms with van der Waals surface area (Å²) in [5, 5.41) is -0.387. The van der Waals surface area contributed by atoms with Crippen molar-refractivity contribution < 1.29 is 12.8 Å². The fourth-order valence-electron chi connectivity index (χ4n) is 1.44. The van der Waals surface area contributed by atoms with Gasteiger partial charge in [0.2, 0.25) is 9.84 Å². The molecular weight excluding hydrogens is 250 g/mol. The van der Waals surface area contributed by atoms with E-state index in [2.05, 4.69) is 4.98 Å². The smallest absolute Gasteiger partial charge is 0.262 e. The van der Waals surface area contributed by atoms with E-state index in [-0.39, 0.29) is 21.0 Å². The lowest BCUT2D eigenvalue weighted by Gasteiger charge is -2.05. The van der Waals surface area contributed by atoms with Crippen molar-refractivity contribution in [1.29, 1.82) is 0 Å². The summed E-state index contributed by atoms with van der Waals surface area (Å²) in [6, 6.07) is 0. The lowest BCUT2D eigenvalue weighted by molar-refractivity contribution is 0.425. The van der Waals surface area contributed by atoms with Gasteiger partial charge >= 0.3 is 0 Å². The molecule has 4 nitrogen and oxygen atoms in total. The summed E-state index contributed by atoms with van der Waals surface area (Å²) < 4.78 is 29.2. The van der Waals surface area contributed by atoms with Gasteiger partial charge in [0.05, 0.1) is 4.91 Å². The van der Waals surface area contributed by atoms with Crippen molar-refractivity contribution in [2.45, 2.75) is 24.9 Å². The van der Waals surface area contributed by atoms with Crippen LogP contribution >= 0.6 is 11.6 Å². The summed E-state index contributed by atoms with van der Waals surface area (Å²) >= 11 is 5.71. The maximum Gasteiger partial charge on any atom is 0.262 e. The SMILES string of the molecule is Cc1nc(Cl)c(S(=O)(=O)C2=CCCC=C2)o1. The van der Waals surface area contributed by atoms with Gasteiger partial charge in [0.15, 0.2) is 11.0 Å². The van der Waals surface area contributed by atoms with Gasteiger partial charge in [-0.2, -0.15) is 0 Å². The minimum absolute atomic E-state index is 0.114. The third-order valence-electron chi connectivity index (χ3n) is 2.18. The molecule has 1 heterocycles. The summed E-state index contributed by atoms with van der Waals surface area (Å²) in [7, 11) is -3.66. The van der Waals surface area contributed by atoms with Gasteiger partial charge in [-0.25, -0.2) is 13.4 Å². The molecule has 0 aromatic carbocycles. The van der Waals surface area contributed by atoms with Crippen molar-refractivity contribution in [1.82, 2.24) is 4.98 Å². The molecule has 86 valence electrons. The van der Waals surface area contributed by atoms with Gasteiger partial charge in [-0.1, -0.05) is 23.8 Å². The first-order valence-corrected chi connectivity index (χ1v) is 6.62. The van der Waals surface area contributed by atoms with Crippen LogP contribution in [0.15, 0.2) is 32.6 Å². The highest BCUT2D eigenvalue weighted by Crippen LogP contribution is 2.29. The maximum atomic E-state index is 12.1. The van der Waals surface area contributed by atoms with Crippen molar-refractivity contribution in [2.75, 3.05) is 0 Å². The Hall–Kier alpha value is -1.07. The summed E-state index contributed by atoms with van der Waals surface area (Å²) in [5.41, 5.74) is 0. The number of aryl methyl sites for hydroxylation is 1. The van der Waals surface area contributed by atoms with E-state index in [4.69, 9.17) is 16.0 Å². The molecule has 0 radical (unpaired) electrons. The van der Waals surface area contributed by atoms with Crippen LogP contribution in [0.1, 0.15) is 18.7 Å². The predicted molar refractivity (Wildman–Crippen MR) is 59.9 cm³/mol. The minimum atomic E-state index is -3.66. The Kier molecular flexibility index (Phi) is 2.90. The summed E-state index contributed by atoms with van der Waals surface area (Å²) in [6.07, 6.45) is 6.58. The van der Waals surface area contributed by atoms with Gasteiger partial charge < -0.3 is 4.42 Å². The molecule has 0 unspecified atom stereocenters. The molecule has 1 aliphatic rings. The number of allylic oxidation sites excluding steroid dienone is 3. The molecule has 1 aromatic heterocycles. The average molecular weight is 260 g/mol. The summed E-state index contributed by atoms with van der Waals surface area (Å²) in [5.74, 6) is 0.240. The fraction of sp³-hybridized carbons (Fsp3) is 0.300. The first-order valence-electron chi connectivity index (χ1n) is 4.76. The first-order chi connectivity index (χ1) is 7.51. The Morgan fingerprint density at radius 3 is 2.69 bits per heavy atom. The highest BCUT2D eigenvalue weighted by Gasteiger charge is 2.27. The fourth-order valence-corrected chi connectivity index (χ4v) is 3.23. The van der Waals surface area contributed by atoms with Crippen LogP contribution in [0, 0.1) is 6.92 Å². The monoisotopic (exact) mass is 259 g/mol. The third kappa shape index (κ3) is 1.92. The zero-order valence-electron chi connectivity index (χ0n) is 8.60. The normalized spacial score (nSPS) is 16.2. The summed E-state index contributed by atoms with van der Waals surface area (Å²) in [4.78, 5) is 3.96. The molecule has 2 rings (SSSR count). The van der Waals surface area contributed by atoms with Crippen LogP contribution in [0.4, 0.5) is 0 Å². The molecule has 16 heavy (non-hydrogen) atoms. The lowest BCUT2D eigenvalue weighted by Crippen LogP contribution is -2.04. The van der Waals surface area contributed by atoms with E-state index in [9.17, 15) is 8.42 Å². The second-order valence-corrected chi connectivity index (χ2v) is 5.61. The Labute approximate surface area is 98.5 Å². The van der Waals surface area contributed by atoms with Crippen LogP contribution in [0.5, 0.6) is 0 Å².